The molecule has 0 aliphatic carbocycles. The van der Waals surface area contributed by atoms with Crippen molar-refractivity contribution in [3.8, 4) is 0 Å². The van der Waals surface area contributed by atoms with Crippen LogP contribution in [-0.2, 0) is 0 Å². The number of nitrogens with zero attached hydrogens (tertiary/aromatic N) is 3. The van der Waals surface area contributed by atoms with Crippen LogP contribution < -0.4 is 10.6 Å². The first-order chi connectivity index (χ1) is 8.76. The van der Waals surface area contributed by atoms with E-state index in [0.717, 1.165) is 13.1 Å². The zero-order valence-corrected chi connectivity index (χ0v) is 11.9. The molecule has 0 saturated carbocycles. The van der Waals surface area contributed by atoms with E-state index >= 15 is 0 Å². The smallest absolute Gasteiger partial charge is 0.228 e. The molecule has 0 spiro atoms. The lowest BCUT2D eigenvalue weighted by atomic mass is 10.7. The minimum absolute atomic E-state index is 0.196. The van der Waals surface area contributed by atoms with Crippen LogP contribution in [0.1, 0.15) is 13.8 Å². The molecule has 2 heterocycles. The fourth-order valence-electron chi connectivity index (χ4n) is 1.05. The number of rotatable bonds is 4. The van der Waals surface area contributed by atoms with E-state index in [1.807, 2.05) is 36.7 Å². The van der Waals surface area contributed by atoms with Gasteiger partial charge in [-0.3, -0.25) is 0 Å². The van der Waals surface area contributed by atoms with Gasteiger partial charge in [-0.15, -0.1) is 0 Å². The summed E-state index contributed by atoms with van der Waals surface area (Å²) in [5.41, 5.74) is 0. The molecule has 0 saturated heterocycles. The Hall–Kier alpha value is -1.40. The maximum Gasteiger partial charge on any atom is 0.228 e. The van der Waals surface area contributed by atoms with Gasteiger partial charge in [-0.1, -0.05) is 12.1 Å². The molecule has 2 aromatic heterocycles. The lowest BCUT2D eigenvalue weighted by Crippen LogP contribution is -2.08. The van der Waals surface area contributed by atoms with Gasteiger partial charge >= 0.3 is 0 Å². The number of thiophene rings is 1. The summed E-state index contributed by atoms with van der Waals surface area (Å²) in [5.74, 6) is 0.997. The van der Waals surface area contributed by atoms with E-state index in [-0.39, 0.29) is 5.28 Å². The molecule has 0 aliphatic heterocycles. The molecule has 18 heavy (non-hydrogen) atoms. The summed E-state index contributed by atoms with van der Waals surface area (Å²) >= 11 is 7.39. The molecule has 0 radical (unpaired) electrons. The molecule has 0 bridgehead atoms. The van der Waals surface area contributed by atoms with Gasteiger partial charge in [-0.2, -0.15) is 26.3 Å². The van der Waals surface area contributed by atoms with Crippen LogP contribution in [0.2, 0.25) is 5.28 Å². The van der Waals surface area contributed by atoms with Crippen molar-refractivity contribution in [3.63, 3.8) is 0 Å². The van der Waals surface area contributed by atoms with Crippen LogP contribution in [-0.4, -0.2) is 28.0 Å². The number of nitrogens with one attached hydrogen (secondary N) is 2. The predicted molar refractivity (Wildman–Crippen MR) is 77.5 cm³/mol. The molecule has 2 N–H and O–H groups in total. The number of halogens is 1. The predicted octanol–water partition coefficient (Wildman–Crippen LogP) is 3.14. The molecule has 0 aromatic carbocycles. The Morgan fingerprint density at radius 1 is 1.00 bits per heavy atom. The van der Waals surface area contributed by atoms with Crippen molar-refractivity contribution >= 4 is 34.8 Å². The van der Waals surface area contributed by atoms with E-state index < -0.39 is 0 Å². The summed E-state index contributed by atoms with van der Waals surface area (Å²) in [7, 11) is 0. The highest BCUT2D eigenvalue weighted by atomic mass is 35.5. The molecule has 7 heteroatoms. The molecule has 0 fully saturated rings. The first-order valence-electron chi connectivity index (χ1n) is 5.62. The van der Waals surface area contributed by atoms with E-state index in [4.69, 9.17) is 11.6 Å². The Labute approximate surface area is 116 Å². The van der Waals surface area contributed by atoms with E-state index in [0.29, 0.717) is 11.9 Å². The van der Waals surface area contributed by atoms with Crippen LogP contribution >= 0.6 is 22.9 Å². The third-order valence-electron chi connectivity index (χ3n) is 1.70. The zero-order valence-electron chi connectivity index (χ0n) is 10.4. The third kappa shape index (κ3) is 5.79. The number of aromatic nitrogens is 3. The lowest BCUT2D eigenvalue weighted by Gasteiger charge is -2.04. The highest BCUT2D eigenvalue weighted by Crippen LogP contribution is 2.08. The van der Waals surface area contributed by atoms with Gasteiger partial charge < -0.3 is 10.6 Å². The fourth-order valence-corrected chi connectivity index (χ4v) is 1.66. The van der Waals surface area contributed by atoms with Gasteiger partial charge in [-0.25, -0.2) is 0 Å². The molecular weight excluding hydrogens is 270 g/mol. The monoisotopic (exact) mass is 285 g/mol. The van der Waals surface area contributed by atoms with Gasteiger partial charge in [0.2, 0.25) is 17.2 Å². The summed E-state index contributed by atoms with van der Waals surface area (Å²) in [4.78, 5) is 11.9. The van der Waals surface area contributed by atoms with E-state index in [2.05, 4.69) is 25.6 Å². The highest BCUT2D eigenvalue weighted by molar-refractivity contribution is 7.07. The first kappa shape index (κ1) is 14.7. The molecule has 98 valence electrons. The van der Waals surface area contributed by atoms with Crippen molar-refractivity contribution in [1.29, 1.82) is 0 Å². The second-order valence-corrected chi connectivity index (χ2v) is 4.26. The van der Waals surface area contributed by atoms with Crippen molar-refractivity contribution in [2.45, 2.75) is 13.8 Å². The molecule has 0 atom stereocenters. The third-order valence-corrected chi connectivity index (χ3v) is 2.50. The lowest BCUT2D eigenvalue weighted by molar-refractivity contribution is 0.999. The Morgan fingerprint density at radius 2 is 1.50 bits per heavy atom. The summed E-state index contributed by atoms with van der Waals surface area (Å²) in [5, 5.41) is 10.2. The molecule has 2 rings (SSSR count). The van der Waals surface area contributed by atoms with E-state index in [1.54, 1.807) is 11.3 Å². The van der Waals surface area contributed by atoms with E-state index in [9.17, 15) is 0 Å². The minimum atomic E-state index is 0.196. The average molecular weight is 286 g/mol. The Morgan fingerprint density at radius 3 is 1.83 bits per heavy atom. The molecule has 0 amide bonds. The molecule has 2 aromatic rings. The van der Waals surface area contributed by atoms with Crippen LogP contribution in [0.5, 0.6) is 0 Å². The highest BCUT2D eigenvalue weighted by Gasteiger charge is 2.01. The average Bonchev–Trinajstić information content (AvgIpc) is 2.87. The molecule has 5 nitrogen and oxygen atoms in total. The summed E-state index contributed by atoms with van der Waals surface area (Å²) in [6, 6.07) is 4.04. The Balaban J connectivity index is 0.000000269. The second-order valence-electron chi connectivity index (χ2n) is 3.11. The largest absolute Gasteiger partial charge is 0.354 e. The quantitative estimate of drug-likeness (QED) is 0.904. The van der Waals surface area contributed by atoms with Gasteiger partial charge in [0.15, 0.2) is 0 Å². The van der Waals surface area contributed by atoms with Crippen molar-refractivity contribution in [1.82, 2.24) is 15.0 Å². The Kier molecular flexibility index (Phi) is 7.05. The van der Waals surface area contributed by atoms with Crippen molar-refractivity contribution in [3.05, 3.63) is 28.2 Å². The van der Waals surface area contributed by atoms with Crippen molar-refractivity contribution in [2.75, 3.05) is 23.7 Å². The van der Waals surface area contributed by atoms with Gasteiger partial charge in [0, 0.05) is 13.1 Å². The summed E-state index contributed by atoms with van der Waals surface area (Å²) < 4.78 is 0. The zero-order chi connectivity index (χ0) is 13.2. The van der Waals surface area contributed by atoms with Gasteiger partial charge in [-0.05, 0) is 36.2 Å². The van der Waals surface area contributed by atoms with Crippen LogP contribution in [0.25, 0.3) is 0 Å². The maximum absolute atomic E-state index is 5.68. The van der Waals surface area contributed by atoms with Crippen molar-refractivity contribution in [2.24, 2.45) is 0 Å². The standard InChI is InChI=1S/C7H12ClN5.C4H4S/c1-3-9-6-11-5(8)12-7(13-6)10-4-2;1-2-4-5-3-1/h3-4H2,1-2H3,(H2,9,10,11,12,13);1-4H. The molecular formula is C11H16ClN5S. The van der Waals surface area contributed by atoms with Crippen LogP contribution in [0.4, 0.5) is 11.9 Å². The topological polar surface area (TPSA) is 62.7 Å². The van der Waals surface area contributed by atoms with Crippen LogP contribution in [0, 0.1) is 0 Å². The number of hydrogen-bond donors (Lipinski definition) is 2. The van der Waals surface area contributed by atoms with Crippen LogP contribution in [0.3, 0.4) is 0 Å². The molecule has 0 unspecified atom stereocenters. The fraction of sp³-hybridized carbons (Fsp3) is 0.364. The maximum atomic E-state index is 5.68. The normalized spacial score (nSPS) is 9.28. The second kappa shape index (κ2) is 8.66. The van der Waals surface area contributed by atoms with Gasteiger partial charge in [0.1, 0.15) is 0 Å². The first-order valence-corrected chi connectivity index (χ1v) is 6.94. The van der Waals surface area contributed by atoms with Gasteiger partial charge in [0.05, 0.1) is 0 Å². The number of anilines is 2. The SMILES string of the molecule is CCNc1nc(Cl)nc(NCC)n1.c1ccsc1. The minimum Gasteiger partial charge on any atom is -0.354 e. The Bertz CT molecular complexity index is 394. The number of hydrogen-bond acceptors (Lipinski definition) is 6. The van der Waals surface area contributed by atoms with E-state index in [1.165, 1.54) is 0 Å². The van der Waals surface area contributed by atoms with Crippen molar-refractivity contribution < 1.29 is 0 Å². The summed E-state index contributed by atoms with van der Waals surface area (Å²) in [6.07, 6.45) is 0. The van der Waals surface area contributed by atoms with Gasteiger partial charge in [0.25, 0.3) is 0 Å². The summed E-state index contributed by atoms with van der Waals surface area (Å²) in [6.45, 7) is 5.44. The van der Waals surface area contributed by atoms with Crippen LogP contribution in [0.15, 0.2) is 22.9 Å². The molecule has 0 aliphatic rings.